The van der Waals surface area contributed by atoms with Crippen LogP contribution in [0.25, 0.3) is 0 Å². The van der Waals surface area contributed by atoms with Crippen LogP contribution in [0.3, 0.4) is 0 Å². The van der Waals surface area contributed by atoms with Gasteiger partial charge < -0.3 is 15.9 Å². The van der Waals surface area contributed by atoms with Crippen molar-refractivity contribution in [3.63, 3.8) is 0 Å². The van der Waals surface area contributed by atoms with Crippen molar-refractivity contribution < 1.29 is 15.0 Å². The maximum absolute atomic E-state index is 11.6. The summed E-state index contributed by atoms with van der Waals surface area (Å²) in [4.78, 5) is 11.6. The van der Waals surface area contributed by atoms with Crippen molar-refractivity contribution in [3.8, 4) is 5.75 Å². The molecule has 0 saturated heterocycles. The van der Waals surface area contributed by atoms with Gasteiger partial charge in [-0.3, -0.25) is 4.79 Å². The number of hydrogen-bond acceptors (Lipinski definition) is 3. The molecule has 0 fully saturated rings. The van der Waals surface area contributed by atoms with Gasteiger partial charge in [0.25, 0.3) is 5.91 Å². The molecule has 0 radical (unpaired) electrons. The van der Waals surface area contributed by atoms with Crippen molar-refractivity contribution in [1.29, 1.82) is 0 Å². The highest BCUT2D eigenvalue weighted by Gasteiger charge is 2.37. The van der Waals surface area contributed by atoms with Crippen LogP contribution in [0.1, 0.15) is 11.1 Å². The monoisotopic (exact) mass is 243 g/mol. The second kappa shape index (κ2) is 4.50. The van der Waals surface area contributed by atoms with Gasteiger partial charge in [-0.05, 0) is 23.3 Å². The Bertz CT molecular complexity index is 551. The Morgan fingerprint density at radius 3 is 1.94 bits per heavy atom. The average Bonchev–Trinajstić information content (AvgIpc) is 2.39. The van der Waals surface area contributed by atoms with Crippen LogP contribution < -0.4 is 5.73 Å². The van der Waals surface area contributed by atoms with Gasteiger partial charge in [0.15, 0.2) is 5.60 Å². The lowest BCUT2D eigenvalue weighted by Crippen LogP contribution is -2.42. The molecule has 2 aromatic rings. The fourth-order valence-electron chi connectivity index (χ4n) is 1.83. The summed E-state index contributed by atoms with van der Waals surface area (Å²) in [5.74, 6) is -0.807. The number of aromatic hydroxyl groups is 1. The molecule has 92 valence electrons. The number of carbonyl (C=O) groups excluding carboxylic acids is 1. The minimum absolute atomic E-state index is 0.0543. The lowest BCUT2D eigenvalue weighted by Gasteiger charge is -2.25. The Balaban J connectivity index is 2.58. The zero-order valence-electron chi connectivity index (χ0n) is 9.58. The molecular formula is C14H13NO3. The first-order chi connectivity index (χ1) is 8.55. The van der Waals surface area contributed by atoms with E-state index in [4.69, 9.17) is 5.73 Å². The SMILES string of the molecule is NC(=O)C(O)(c1ccccc1)c1ccc(O)cc1. The number of phenols is 1. The number of phenolic OH excluding ortho intramolecular Hbond substituents is 1. The zero-order chi connectivity index (χ0) is 13.2. The van der Waals surface area contributed by atoms with E-state index in [1.54, 1.807) is 30.3 Å². The smallest absolute Gasteiger partial charge is 0.258 e. The molecule has 1 amide bonds. The molecule has 4 N–H and O–H groups in total. The topological polar surface area (TPSA) is 83.6 Å². The summed E-state index contributed by atoms with van der Waals surface area (Å²) in [6, 6.07) is 14.2. The fourth-order valence-corrected chi connectivity index (χ4v) is 1.83. The van der Waals surface area contributed by atoms with E-state index >= 15 is 0 Å². The summed E-state index contributed by atoms with van der Waals surface area (Å²) in [5, 5.41) is 19.8. The highest BCUT2D eigenvalue weighted by molar-refractivity contribution is 5.88. The van der Waals surface area contributed by atoms with Crippen LogP contribution in [0.4, 0.5) is 0 Å². The molecule has 4 nitrogen and oxygen atoms in total. The first-order valence-electron chi connectivity index (χ1n) is 5.42. The molecule has 0 saturated carbocycles. The van der Waals surface area contributed by atoms with Crippen LogP contribution in [-0.4, -0.2) is 16.1 Å². The standard InChI is InChI=1S/C14H13NO3/c15-13(17)14(18,10-4-2-1-3-5-10)11-6-8-12(16)9-7-11/h1-9,16,18H,(H2,15,17). The second-order valence-corrected chi connectivity index (χ2v) is 3.99. The number of rotatable bonds is 3. The van der Waals surface area contributed by atoms with Crippen molar-refractivity contribution >= 4 is 5.91 Å². The van der Waals surface area contributed by atoms with E-state index in [0.29, 0.717) is 11.1 Å². The largest absolute Gasteiger partial charge is 0.508 e. The predicted octanol–water partition coefficient (Wildman–Crippen LogP) is 1.11. The van der Waals surface area contributed by atoms with E-state index in [0.717, 1.165) is 0 Å². The van der Waals surface area contributed by atoms with Gasteiger partial charge in [-0.2, -0.15) is 0 Å². The van der Waals surface area contributed by atoms with Crippen LogP contribution in [-0.2, 0) is 10.4 Å². The molecule has 0 aliphatic rings. The van der Waals surface area contributed by atoms with Gasteiger partial charge in [0.1, 0.15) is 5.75 Å². The highest BCUT2D eigenvalue weighted by Crippen LogP contribution is 2.30. The normalized spacial score (nSPS) is 13.8. The lowest BCUT2D eigenvalue weighted by atomic mass is 9.86. The van der Waals surface area contributed by atoms with E-state index in [1.165, 1.54) is 24.3 Å². The molecule has 1 atom stereocenters. The number of primary amides is 1. The molecule has 0 spiro atoms. The average molecular weight is 243 g/mol. The number of aliphatic hydroxyl groups is 1. The van der Waals surface area contributed by atoms with Gasteiger partial charge >= 0.3 is 0 Å². The van der Waals surface area contributed by atoms with Gasteiger partial charge in [-0.15, -0.1) is 0 Å². The number of carbonyl (C=O) groups is 1. The first-order valence-corrected chi connectivity index (χ1v) is 5.42. The van der Waals surface area contributed by atoms with E-state index in [1.807, 2.05) is 0 Å². The van der Waals surface area contributed by atoms with Crippen molar-refractivity contribution in [2.45, 2.75) is 5.60 Å². The molecule has 0 aromatic heterocycles. The Morgan fingerprint density at radius 1 is 0.944 bits per heavy atom. The molecule has 0 aliphatic carbocycles. The van der Waals surface area contributed by atoms with E-state index < -0.39 is 11.5 Å². The van der Waals surface area contributed by atoms with Crippen LogP contribution in [0.5, 0.6) is 5.75 Å². The Labute approximate surface area is 104 Å². The van der Waals surface area contributed by atoms with Gasteiger partial charge in [-0.25, -0.2) is 0 Å². The van der Waals surface area contributed by atoms with Crippen molar-refractivity contribution in [2.24, 2.45) is 5.73 Å². The van der Waals surface area contributed by atoms with Crippen molar-refractivity contribution in [1.82, 2.24) is 0 Å². The molecule has 2 rings (SSSR count). The molecule has 0 bridgehead atoms. The number of nitrogens with two attached hydrogens (primary N) is 1. The third kappa shape index (κ3) is 1.94. The van der Waals surface area contributed by atoms with E-state index in [-0.39, 0.29) is 5.75 Å². The highest BCUT2D eigenvalue weighted by atomic mass is 16.3. The van der Waals surface area contributed by atoms with Crippen LogP contribution in [0.2, 0.25) is 0 Å². The van der Waals surface area contributed by atoms with Crippen LogP contribution in [0.15, 0.2) is 54.6 Å². The maximum Gasteiger partial charge on any atom is 0.258 e. The Kier molecular flexibility index (Phi) is 3.04. The number of amides is 1. The summed E-state index contributed by atoms with van der Waals surface area (Å²) in [7, 11) is 0. The van der Waals surface area contributed by atoms with Crippen molar-refractivity contribution in [3.05, 3.63) is 65.7 Å². The quantitative estimate of drug-likeness (QED) is 0.755. The van der Waals surface area contributed by atoms with Gasteiger partial charge in [0, 0.05) is 0 Å². The Morgan fingerprint density at radius 2 is 1.44 bits per heavy atom. The predicted molar refractivity (Wildman–Crippen MR) is 66.7 cm³/mol. The molecular weight excluding hydrogens is 230 g/mol. The molecule has 1 unspecified atom stereocenters. The van der Waals surface area contributed by atoms with Crippen LogP contribution in [0, 0.1) is 0 Å². The lowest BCUT2D eigenvalue weighted by molar-refractivity contribution is -0.133. The van der Waals surface area contributed by atoms with E-state index in [9.17, 15) is 15.0 Å². The Hall–Kier alpha value is -2.33. The first kappa shape index (κ1) is 12.1. The molecule has 2 aromatic carbocycles. The maximum atomic E-state index is 11.6. The molecule has 0 aliphatic heterocycles. The second-order valence-electron chi connectivity index (χ2n) is 3.99. The summed E-state index contributed by atoms with van der Waals surface area (Å²) in [5.41, 5.74) is 4.14. The zero-order valence-corrected chi connectivity index (χ0v) is 9.58. The number of hydrogen-bond donors (Lipinski definition) is 3. The summed E-state index contributed by atoms with van der Waals surface area (Å²) in [6.45, 7) is 0. The van der Waals surface area contributed by atoms with Crippen LogP contribution >= 0.6 is 0 Å². The minimum atomic E-state index is -1.89. The summed E-state index contributed by atoms with van der Waals surface area (Å²) < 4.78 is 0. The third-order valence-corrected chi connectivity index (χ3v) is 2.83. The van der Waals surface area contributed by atoms with Gasteiger partial charge in [0.05, 0.1) is 0 Å². The minimum Gasteiger partial charge on any atom is -0.508 e. The van der Waals surface area contributed by atoms with Gasteiger partial charge in [-0.1, -0.05) is 42.5 Å². The van der Waals surface area contributed by atoms with E-state index in [2.05, 4.69) is 0 Å². The fraction of sp³-hybridized carbons (Fsp3) is 0.0714. The van der Waals surface area contributed by atoms with Crippen molar-refractivity contribution in [2.75, 3.05) is 0 Å². The summed E-state index contributed by atoms with van der Waals surface area (Å²) >= 11 is 0. The molecule has 0 heterocycles. The number of benzene rings is 2. The summed E-state index contributed by atoms with van der Waals surface area (Å²) in [6.07, 6.45) is 0. The van der Waals surface area contributed by atoms with Gasteiger partial charge in [0.2, 0.25) is 0 Å². The molecule has 4 heteroatoms. The third-order valence-electron chi connectivity index (χ3n) is 2.83. The molecule has 18 heavy (non-hydrogen) atoms.